The van der Waals surface area contributed by atoms with Gasteiger partial charge in [0.1, 0.15) is 11.3 Å². The van der Waals surface area contributed by atoms with Gasteiger partial charge in [-0.2, -0.15) is 0 Å². The smallest absolute Gasteiger partial charge is 0.240 e. The lowest BCUT2D eigenvalue weighted by atomic mass is 10.1. The standard InChI is InChI=1S/C17H16FN3O2S/c1-19-24(22,23)13-5-2-4-12(10-13)11-21-16-8-9-20-17-14(16)6-3-7-15(17)18/h2-10,19H,11H2,1H3,(H,20,21). The Bertz CT molecular complexity index is 990. The quantitative estimate of drug-likeness (QED) is 0.746. The summed E-state index contributed by atoms with van der Waals surface area (Å²) < 4.78 is 39.8. The van der Waals surface area contributed by atoms with E-state index < -0.39 is 10.0 Å². The zero-order chi connectivity index (χ0) is 17.2. The highest BCUT2D eigenvalue weighted by Crippen LogP contribution is 2.24. The minimum atomic E-state index is -3.48. The SMILES string of the molecule is CNS(=O)(=O)c1cccc(CNc2ccnc3c(F)cccc23)c1. The van der Waals surface area contributed by atoms with Crippen molar-refractivity contribution in [3.8, 4) is 0 Å². The number of hydrogen-bond acceptors (Lipinski definition) is 4. The van der Waals surface area contributed by atoms with Gasteiger partial charge in [0, 0.05) is 23.8 Å². The molecule has 0 unspecified atom stereocenters. The second-order valence-electron chi connectivity index (χ2n) is 5.20. The van der Waals surface area contributed by atoms with Gasteiger partial charge in [-0.1, -0.05) is 24.3 Å². The van der Waals surface area contributed by atoms with E-state index >= 15 is 0 Å². The summed E-state index contributed by atoms with van der Waals surface area (Å²) in [5, 5.41) is 3.88. The molecule has 7 heteroatoms. The maximum absolute atomic E-state index is 13.8. The van der Waals surface area contributed by atoms with Crippen LogP contribution in [0.15, 0.2) is 59.6 Å². The van der Waals surface area contributed by atoms with Crippen LogP contribution in [0, 0.1) is 5.82 Å². The Morgan fingerprint density at radius 2 is 1.92 bits per heavy atom. The van der Waals surface area contributed by atoms with Crippen molar-refractivity contribution in [1.29, 1.82) is 0 Å². The molecule has 5 nitrogen and oxygen atoms in total. The maximum Gasteiger partial charge on any atom is 0.240 e. The van der Waals surface area contributed by atoms with E-state index in [-0.39, 0.29) is 10.7 Å². The first-order valence-electron chi connectivity index (χ1n) is 7.31. The molecule has 0 spiro atoms. The Balaban J connectivity index is 1.87. The molecule has 0 fully saturated rings. The summed E-state index contributed by atoms with van der Waals surface area (Å²) in [5.41, 5.74) is 1.84. The Labute approximate surface area is 139 Å². The monoisotopic (exact) mass is 345 g/mol. The summed E-state index contributed by atoms with van der Waals surface area (Å²) in [5.74, 6) is -0.377. The average molecular weight is 345 g/mol. The van der Waals surface area contributed by atoms with Gasteiger partial charge in [-0.3, -0.25) is 4.98 Å². The Morgan fingerprint density at radius 1 is 1.12 bits per heavy atom. The van der Waals surface area contributed by atoms with Crippen LogP contribution in [0.25, 0.3) is 10.9 Å². The topological polar surface area (TPSA) is 71.1 Å². The molecule has 2 aromatic carbocycles. The van der Waals surface area contributed by atoms with Crippen molar-refractivity contribution in [2.24, 2.45) is 0 Å². The van der Waals surface area contributed by atoms with Gasteiger partial charge in [-0.15, -0.1) is 0 Å². The number of nitrogens with one attached hydrogen (secondary N) is 2. The number of hydrogen-bond donors (Lipinski definition) is 2. The number of anilines is 1. The van der Waals surface area contributed by atoms with Gasteiger partial charge in [-0.05, 0) is 36.9 Å². The summed E-state index contributed by atoms with van der Waals surface area (Å²) in [6, 6.07) is 13.2. The van der Waals surface area contributed by atoms with Crippen LogP contribution < -0.4 is 10.0 Å². The van der Waals surface area contributed by atoms with E-state index in [0.29, 0.717) is 17.4 Å². The van der Waals surface area contributed by atoms with E-state index in [0.717, 1.165) is 11.3 Å². The lowest BCUT2D eigenvalue weighted by Crippen LogP contribution is -2.18. The second-order valence-corrected chi connectivity index (χ2v) is 7.09. The molecule has 1 heterocycles. The van der Waals surface area contributed by atoms with Gasteiger partial charge in [0.25, 0.3) is 0 Å². The van der Waals surface area contributed by atoms with E-state index in [1.807, 2.05) is 6.07 Å². The molecule has 3 aromatic rings. The molecule has 0 bridgehead atoms. The highest BCUT2D eigenvalue weighted by Gasteiger charge is 2.11. The van der Waals surface area contributed by atoms with Crippen molar-refractivity contribution in [3.05, 3.63) is 66.1 Å². The predicted molar refractivity (Wildman–Crippen MR) is 91.7 cm³/mol. The second kappa shape index (κ2) is 6.54. The summed E-state index contributed by atoms with van der Waals surface area (Å²) in [7, 11) is -2.11. The summed E-state index contributed by atoms with van der Waals surface area (Å²) >= 11 is 0. The van der Waals surface area contributed by atoms with E-state index in [1.54, 1.807) is 30.3 Å². The van der Waals surface area contributed by atoms with E-state index in [2.05, 4.69) is 15.0 Å². The third-order valence-corrected chi connectivity index (χ3v) is 5.09. The average Bonchev–Trinajstić information content (AvgIpc) is 2.60. The molecule has 0 aliphatic heterocycles. The van der Waals surface area contributed by atoms with Gasteiger partial charge >= 0.3 is 0 Å². The number of sulfonamides is 1. The molecular weight excluding hydrogens is 329 g/mol. The molecule has 3 rings (SSSR count). The fourth-order valence-electron chi connectivity index (χ4n) is 2.43. The fourth-order valence-corrected chi connectivity index (χ4v) is 3.23. The van der Waals surface area contributed by atoms with E-state index in [1.165, 1.54) is 25.4 Å². The number of nitrogens with zero attached hydrogens (tertiary/aromatic N) is 1. The van der Waals surface area contributed by atoms with Crippen molar-refractivity contribution in [3.63, 3.8) is 0 Å². The highest BCUT2D eigenvalue weighted by molar-refractivity contribution is 7.89. The molecule has 124 valence electrons. The number of aromatic nitrogens is 1. The lowest BCUT2D eigenvalue weighted by molar-refractivity contribution is 0.588. The molecule has 0 saturated heterocycles. The van der Waals surface area contributed by atoms with Crippen LogP contribution >= 0.6 is 0 Å². The van der Waals surface area contributed by atoms with Gasteiger partial charge in [-0.25, -0.2) is 17.5 Å². The highest BCUT2D eigenvalue weighted by atomic mass is 32.2. The third kappa shape index (κ3) is 3.22. The summed E-state index contributed by atoms with van der Waals surface area (Å²) in [6.45, 7) is 0.405. The van der Waals surface area contributed by atoms with Crippen molar-refractivity contribution in [2.45, 2.75) is 11.4 Å². The third-order valence-electron chi connectivity index (χ3n) is 3.68. The van der Waals surface area contributed by atoms with Gasteiger partial charge in [0.2, 0.25) is 10.0 Å². The number of halogens is 1. The molecular formula is C17H16FN3O2S. The fraction of sp³-hybridized carbons (Fsp3) is 0.118. The van der Waals surface area contributed by atoms with Crippen molar-refractivity contribution in [1.82, 2.24) is 9.71 Å². The lowest BCUT2D eigenvalue weighted by Gasteiger charge is -2.11. The van der Waals surface area contributed by atoms with Crippen molar-refractivity contribution < 1.29 is 12.8 Å². The van der Waals surface area contributed by atoms with E-state index in [9.17, 15) is 12.8 Å². The molecule has 0 aliphatic rings. The first-order valence-corrected chi connectivity index (χ1v) is 8.79. The van der Waals surface area contributed by atoms with Gasteiger partial charge in [0.05, 0.1) is 4.90 Å². The van der Waals surface area contributed by atoms with Crippen molar-refractivity contribution >= 4 is 26.6 Å². The Morgan fingerprint density at radius 3 is 2.71 bits per heavy atom. The van der Waals surface area contributed by atoms with Gasteiger partial charge < -0.3 is 5.32 Å². The molecule has 24 heavy (non-hydrogen) atoms. The van der Waals surface area contributed by atoms with Crippen LogP contribution in [0.3, 0.4) is 0 Å². The zero-order valence-corrected chi connectivity index (χ0v) is 13.8. The van der Waals surface area contributed by atoms with E-state index in [4.69, 9.17) is 0 Å². The first-order chi connectivity index (χ1) is 11.5. The first kappa shape index (κ1) is 16.4. The van der Waals surface area contributed by atoms with Crippen LogP contribution in [0.2, 0.25) is 0 Å². The maximum atomic E-state index is 13.8. The summed E-state index contributed by atoms with van der Waals surface area (Å²) in [4.78, 5) is 4.25. The molecule has 0 radical (unpaired) electrons. The number of pyridine rings is 1. The number of benzene rings is 2. The molecule has 0 amide bonds. The Kier molecular flexibility index (Phi) is 4.46. The minimum Gasteiger partial charge on any atom is -0.380 e. The van der Waals surface area contributed by atoms with Crippen LogP contribution in [-0.2, 0) is 16.6 Å². The van der Waals surface area contributed by atoms with Crippen LogP contribution in [0.1, 0.15) is 5.56 Å². The number of para-hydroxylation sites is 1. The number of fused-ring (bicyclic) bond motifs is 1. The van der Waals surface area contributed by atoms with Crippen molar-refractivity contribution in [2.75, 3.05) is 12.4 Å². The van der Waals surface area contributed by atoms with Gasteiger partial charge in [0.15, 0.2) is 0 Å². The van der Waals surface area contributed by atoms with Crippen LogP contribution in [-0.4, -0.2) is 20.4 Å². The molecule has 0 aliphatic carbocycles. The molecule has 1 aromatic heterocycles. The molecule has 0 atom stereocenters. The molecule has 0 saturated carbocycles. The number of rotatable bonds is 5. The predicted octanol–water partition coefficient (Wildman–Crippen LogP) is 2.89. The normalized spacial score (nSPS) is 11.6. The van der Waals surface area contributed by atoms with Crippen LogP contribution in [0.5, 0.6) is 0 Å². The largest absolute Gasteiger partial charge is 0.380 e. The Hall–Kier alpha value is -2.51. The summed E-state index contributed by atoms with van der Waals surface area (Å²) in [6.07, 6.45) is 1.54. The zero-order valence-electron chi connectivity index (χ0n) is 13.0. The molecule has 2 N–H and O–H groups in total. The minimum absolute atomic E-state index is 0.204. The van der Waals surface area contributed by atoms with Crippen LogP contribution in [0.4, 0.5) is 10.1 Å².